The van der Waals surface area contributed by atoms with E-state index in [1.54, 1.807) is 24.3 Å². The fourth-order valence-electron chi connectivity index (χ4n) is 1.47. The Bertz CT molecular complexity index is 449. The van der Waals surface area contributed by atoms with Crippen LogP contribution in [0.1, 0.15) is 25.8 Å². The van der Waals surface area contributed by atoms with E-state index in [0.717, 1.165) is 0 Å². The smallest absolute Gasteiger partial charge is 0.319 e. The van der Waals surface area contributed by atoms with Gasteiger partial charge < -0.3 is 15.7 Å². The largest absolute Gasteiger partial charge is 0.393 e. The van der Waals surface area contributed by atoms with E-state index in [0.29, 0.717) is 24.2 Å². The van der Waals surface area contributed by atoms with Gasteiger partial charge in [-0.25, -0.2) is 4.79 Å². The molecular formula is C14H19N3O2. The molecule has 0 fully saturated rings. The lowest BCUT2D eigenvalue weighted by atomic mass is 10.0. The fraction of sp³-hybridized carbons (Fsp3) is 0.429. The minimum Gasteiger partial charge on any atom is -0.393 e. The van der Waals surface area contributed by atoms with Crippen molar-refractivity contribution in [2.75, 3.05) is 11.9 Å². The van der Waals surface area contributed by atoms with Gasteiger partial charge in [0.05, 0.1) is 17.7 Å². The summed E-state index contributed by atoms with van der Waals surface area (Å²) in [6, 6.07) is 8.30. The summed E-state index contributed by atoms with van der Waals surface area (Å²) in [6.07, 6.45) is 0.119. The van der Waals surface area contributed by atoms with Crippen LogP contribution in [0.3, 0.4) is 0 Å². The van der Waals surface area contributed by atoms with E-state index < -0.39 is 6.10 Å². The average molecular weight is 261 g/mol. The van der Waals surface area contributed by atoms with E-state index in [-0.39, 0.29) is 11.9 Å². The first-order valence-corrected chi connectivity index (χ1v) is 6.26. The summed E-state index contributed by atoms with van der Waals surface area (Å²) >= 11 is 0. The number of carbonyl (C=O) groups is 1. The molecule has 0 aliphatic carbocycles. The van der Waals surface area contributed by atoms with Crippen molar-refractivity contribution in [2.24, 2.45) is 5.92 Å². The summed E-state index contributed by atoms with van der Waals surface area (Å²) in [6.45, 7) is 4.28. The van der Waals surface area contributed by atoms with Crippen LogP contribution < -0.4 is 10.6 Å². The van der Waals surface area contributed by atoms with Crippen LogP contribution in [-0.2, 0) is 0 Å². The number of benzene rings is 1. The number of anilines is 1. The van der Waals surface area contributed by atoms with Gasteiger partial charge in [0.2, 0.25) is 0 Å². The van der Waals surface area contributed by atoms with Crippen molar-refractivity contribution in [2.45, 2.75) is 26.4 Å². The second-order valence-electron chi connectivity index (χ2n) is 4.67. The quantitative estimate of drug-likeness (QED) is 0.758. The minimum atomic E-state index is -0.407. The maximum absolute atomic E-state index is 11.5. The molecule has 0 saturated carbocycles. The number of hydrogen-bond acceptors (Lipinski definition) is 3. The Kier molecular flexibility index (Phi) is 5.83. The number of hydrogen-bond donors (Lipinski definition) is 3. The van der Waals surface area contributed by atoms with Gasteiger partial charge in [0.1, 0.15) is 0 Å². The highest BCUT2D eigenvalue weighted by atomic mass is 16.3. The van der Waals surface area contributed by atoms with Crippen molar-refractivity contribution < 1.29 is 9.90 Å². The Labute approximate surface area is 113 Å². The Morgan fingerprint density at radius 2 is 2.00 bits per heavy atom. The molecule has 102 valence electrons. The number of amides is 2. The lowest BCUT2D eigenvalue weighted by molar-refractivity contribution is 0.117. The van der Waals surface area contributed by atoms with E-state index in [9.17, 15) is 9.90 Å². The Hall–Kier alpha value is -2.06. The minimum absolute atomic E-state index is 0.184. The van der Waals surface area contributed by atoms with Crippen LogP contribution in [0.2, 0.25) is 0 Å². The van der Waals surface area contributed by atoms with Crippen molar-refractivity contribution in [3.8, 4) is 6.07 Å². The predicted molar refractivity (Wildman–Crippen MR) is 73.6 cm³/mol. The number of aliphatic hydroxyl groups excluding tert-OH is 1. The normalized spacial score (nSPS) is 11.7. The Balaban J connectivity index is 2.33. The first kappa shape index (κ1) is 15.0. The molecule has 1 aromatic rings. The van der Waals surface area contributed by atoms with Crippen LogP contribution >= 0.6 is 0 Å². The van der Waals surface area contributed by atoms with Crippen LogP contribution in [0, 0.1) is 17.2 Å². The molecule has 19 heavy (non-hydrogen) atoms. The van der Waals surface area contributed by atoms with E-state index >= 15 is 0 Å². The molecule has 3 N–H and O–H groups in total. The Morgan fingerprint density at radius 3 is 2.53 bits per heavy atom. The third-order valence-corrected chi connectivity index (χ3v) is 2.77. The Morgan fingerprint density at radius 1 is 1.37 bits per heavy atom. The zero-order valence-electron chi connectivity index (χ0n) is 11.2. The van der Waals surface area contributed by atoms with Crippen molar-refractivity contribution in [3.63, 3.8) is 0 Å². The molecule has 5 heteroatoms. The van der Waals surface area contributed by atoms with Gasteiger partial charge in [-0.15, -0.1) is 0 Å². The molecule has 2 amide bonds. The molecule has 1 rings (SSSR count). The second-order valence-corrected chi connectivity index (χ2v) is 4.67. The molecule has 0 aliphatic heterocycles. The fourth-order valence-corrected chi connectivity index (χ4v) is 1.47. The molecule has 5 nitrogen and oxygen atoms in total. The number of rotatable bonds is 5. The second kappa shape index (κ2) is 7.39. The van der Waals surface area contributed by atoms with E-state index in [1.807, 2.05) is 19.9 Å². The van der Waals surface area contributed by atoms with Gasteiger partial charge in [-0.1, -0.05) is 13.8 Å². The highest BCUT2D eigenvalue weighted by Gasteiger charge is 2.09. The lowest BCUT2D eigenvalue weighted by Gasteiger charge is -2.14. The van der Waals surface area contributed by atoms with Crippen molar-refractivity contribution in [1.82, 2.24) is 5.32 Å². The van der Waals surface area contributed by atoms with E-state index in [1.165, 1.54) is 0 Å². The number of nitriles is 1. The molecule has 0 aromatic heterocycles. The lowest BCUT2D eigenvalue weighted by Crippen LogP contribution is -2.32. The molecule has 1 unspecified atom stereocenters. The summed E-state index contributed by atoms with van der Waals surface area (Å²) in [4.78, 5) is 11.5. The van der Waals surface area contributed by atoms with Gasteiger partial charge in [-0.05, 0) is 36.6 Å². The first-order chi connectivity index (χ1) is 9.02. The molecule has 0 bridgehead atoms. The zero-order valence-corrected chi connectivity index (χ0v) is 11.2. The third-order valence-electron chi connectivity index (χ3n) is 2.77. The van der Waals surface area contributed by atoms with Crippen LogP contribution in [0.25, 0.3) is 0 Å². The van der Waals surface area contributed by atoms with Crippen molar-refractivity contribution in [3.05, 3.63) is 29.8 Å². The van der Waals surface area contributed by atoms with Crippen LogP contribution in [-0.4, -0.2) is 23.8 Å². The average Bonchev–Trinajstić information content (AvgIpc) is 2.39. The SMILES string of the molecule is CC(C)C(O)CCNC(=O)Nc1ccc(C#N)cc1. The molecular weight excluding hydrogens is 242 g/mol. The topological polar surface area (TPSA) is 85.2 Å². The van der Waals surface area contributed by atoms with Crippen LogP contribution in [0.5, 0.6) is 0 Å². The zero-order chi connectivity index (χ0) is 14.3. The van der Waals surface area contributed by atoms with Crippen LogP contribution in [0.15, 0.2) is 24.3 Å². The summed E-state index contributed by atoms with van der Waals surface area (Å²) in [5.74, 6) is 0.184. The number of nitrogens with one attached hydrogen (secondary N) is 2. The molecule has 0 heterocycles. The van der Waals surface area contributed by atoms with Gasteiger partial charge in [0.25, 0.3) is 0 Å². The molecule has 0 aliphatic rings. The van der Waals surface area contributed by atoms with Crippen molar-refractivity contribution in [1.29, 1.82) is 5.26 Å². The number of nitrogens with zero attached hydrogens (tertiary/aromatic N) is 1. The molecule has 1 aromatic carbocycles. The predicted octanol–water partition coefficient (Wildman–Crippen LogP) is 2.09. The van der Waals surface area contributed by atoms with Crippen molar-refractivity contribution >= 4 is 11.7 Å². The van der Waals surface area contributed by atoms with Crippen LogP contribution in [0.4, 0.5) is 10.5 Å². The highest BCUT2D eigenvalue weighted by Crippen LogP contribution is 2.08. The standard InChI is InChI=1S/C14H19N3O2/c1-10(2)13(18)7-8-16-14(19)17-12-5-3-11(9-15)4-6-12/h3-6,10,13,18H,7-8H2,1-2H3,(H2,16,17,19). The number of aliphatic hydroxyl groups is 1. The summed E-state index contributed by atoms with van der Waals surface area (Å²) < 4.78 is 0. The summed E-state index contributed by atoms with van der Waals surface area (Å²) in [7, 11) is 0. The monoisotopic (exact) mass is 261 g/mol. The first-order valence-electron chi connectivity index (χ1n) is 6.26. The maximum Gasteiger partial charge on any atom is 0.319 e. The van der Waals surface area contributed by atoms with E-state index in [4.69, 9.17) is 5.26 Å². The van der Waals surface area contributed by atoms with Gasteiger partial charge in [-0.3, -0.25) is 0 Å². The number of urea groups is 1. The van der Waals surface area contributed by atoms with Gasteiger partial charge in [0.15, 0.2) is 0 Å². The third kappa shape index (κ3) is 5.40. The van der Waals surface area contributed by atoms with E-state index in [2.05, 4.69) is 10.6 Å². The van der Waals surface area contributed by atoms with Gasteiger partial charge in [-0.2, -0.15) is 5.26 Å². The molecule has 1 atom stereocenters. The van der Waals surface area contributed by atoms with Gasteiger partial charge >= 0.3 is 6.03 Å². The summed E-state index contributed by atoms with van der Waals surface area (Å²) in [5, 5.41) is 23.6. The number of carbonyl (C=O) groups excluding carboxylic acids is 1. The maximum atomic E-state index is 11.5. The molecule has 0 spiro atoms. The highest BCUT2D eigenvalue weighted by molar-refractivity contribution is 5.89. The van der Waals surface area contributed by atoms with Gasteiger partial charge in [0, 0.05) is 12.2 Å². The summed E-state index contributed by atoms with van der Waals surface area (Å²) in [5.41, 5.74) is 1.17. The molecule has 0 radical (unpaired) electrons. The molecule has 0 saturated heterocycles.